The van der Waals surface area contributed by atoms with Gasteiger partial charge in [0.2, 0.25) is 0 Å². The Morgan fingerprint density at radius 2 is 1.14 bits per heavy atom. The van der Waals surface area contributed by atoms with Crippen LogP contribution in [0.1, 0.15) is 38.5 Å². The maximum atomic E-state index is 13.4. The molecule has 1 N–H and O–H groups in total. The van der Waals surface area contributed by atoms with Gasteiger partial charge in [-0.2, -0.15) is 56.7 Å². The van der Waals surface area contributed by atoms with Crippen molar-refractivity contribution in [1.29, 1.82) is 0 Å². The Bertz CT molecular complexity index is 614. The highest BCUT2D eigenvalue weighted by atomic mass is 32.2. The van der Waals surface area contributed by atoms with Crippen LogP contribution >= 0.6 is 0 Å². The van der Waals surface area contributed by atoms with E-state index in [9.17, 15) is 61.1 Å². The number of hydrogen-bond acceptors (Lipinski definition) is 2. The monoisotopic (exact) mass is 466 g/mol. The van der Waals surface area contributed by atoms with Crippen LogP contribution < -0.4 is 0 Å². The van der Waals surface area contributed by atoms with Crippen molar-refractivity contribution in [3.8, 4) is 0 Å². The van der Waals surface area contributed by atoms with E-state index in [1.165, 1.54) is 0 Å². The zero-order valence-electron chi connectivity index (χ0n) is 13.5. The van der Waals surface area contributed by atoms with Gasteiger partial charge in [-0.15, -0.1) is 0 Å². The van der Waals surface area contributed by atoms with Crippen LogP contribution in [0.4, 0.5) is 52.7 Å². The zero-order valence-corrected chi connectivity index (χ0v) is 14.3. The summed E-state index contributed by atoms with van der Waals surface area (Å²) in [6.07, 6.45) is -13.5. The normalized spacial score (nSPS) is 16.3. The Hall–Kier alpha value is -0.930. The Morgan fingerprint density at radius 1 is 0.714 bits per heavy atom. The summed E-state index contributed by atoms with van der Waals surface area (Å²) in [6, 6.07) is 0. The average molecular weight is 466 g/mol. The molecule has 170 valence electrons. The van der Waals surface area contributed by atoms with Crippen LogP contribution in [0, 0.1) is 0 Å². The lowest BCUT2D eigenvalue weighted by Gasteiger charge is -2.36. The first-order valence-electron chi connectivity index (χ1n) is 7.32. The first-order valence-corrected chi connectivity index (χ1v) is 8.76. The van der Waals surface area contributed by atoms with E-state index in [0.29, 0.717) is 0 Å². The summed E-state index contributed by atoms with van der Waals surface area (Å²) in [6.45, 7) is 0. The van der Waals surface area contributed by atoms with Crippen molar-refractivity contribution >= 4 is 10.1 Å². The molecule has 0 saturated heterocycles. The topological polar surface area (TPSA) is 54.4 Å². The van der Waals surface area contributed by atoms with E-state index in [2.05, 4.69) is 0 Å². The Kier molecular flexibility index (Phi) is 8.16. The molecule has 3 nitrogen and oxygen atoms in total. The van der Waals surface area contributed by atoms with Crippen molar-refractivity contribution < 1.29 is 65.7 Å². The lowest BCUT2D eigenvalue weighted by Crippen LogP contribution is -2.66. The van der Waals surface area contributed by atoms with Crippen molar-refractivity contribution in [2.75, 3.05) is 0 Å². The van der Waals surface area contributed by atoms with Gasteiger partial charge in [0.05, 0.1) is 0 Å². The van der Waals surface area contributed by atoms with Crippen LogP contribution in [0.25, 0.3) is 0 Å². The fourth-order valence-electron chi connectivity index (χ4n) is 1.93. The second-order valence-electron chi connectivity index (χ2n) is 5.80. The lowest BCUT2D eigenvalue weighted by atomic mass is 9.96. The molecule has 0 saturated carbocycles. The summed E-state index contributed by atoms with van der Waals surface area (Å²) in [5.74, 6) is -21.1. The van der Waals surface area contributed by atoms with Gasteiger partial charge in [0.1, 0.15) is 0 Å². The van der Waals surface area contributed by atoms with Gasteiger partial charge in [-0.3, -0.25) is 4.55 Å². The first kappa shape index (κ1) is 27.1. The van der Waals surface area contributed by atoms with Gasteiger partial charge >= 0.3 is 39.3 Å². The third-order valence-electron chi connectivity index (χ3n) is 3.56. The van der Waals surface area contributed by atoms with Gasteiger partial charge in [-0.25, -0.2) is 4.39 Å². The maximum absolute atomic E-state index is 13.4. The van der Waals surface area contributed by atoms with E-state index in [-0.39, 0.29) is 6.42 Å². The number of halogens is 12. The molecule has 0 aromatic carbocycles. The molecule has 0 amide bonds. The van der Waals surface area contributed by atoms with E-state index in [4.69, 9.17) is 4.55 Å². The van der Waals surface area contributed by atoms with Gasteiger partial charge in [0.15, 0.2) is 6.17 Å². The fraction of sp³-hybridized carbons (Fsp3) is 1.00. The van der Waals surface area contributed by atoms with Gasteiger partial charge in [0, 0.05) is 6.42 Å². The number of rotatable bonds is 11. The molecule has 0 fully saturated rings. The number of alkyl halides is 12. The minimum absolute atomic E-state index is 0.300. The minimum Gasteiger partial charge on any atom is -0.281 e. The molecule has 0 bridgehead atoms. The molecule has 0 radical (unpaired) electrons. The van der Waals surface area contributed by atoms with Gasteiger partial charge < -0.3 is 0 Å². The summed E-state index contributed by atoms with van der Waals surface area (Å²) >= 11 is 0. The van der Waals surface area contributed by atoms with E-state index in [0.717, 1.165) is 0 Å². The van der Waals surface area contributed by atoms with Crippen LogP contribution in [0.5, 0.6) is 0 Å². The Labute approximate surface area is 150 Å². The molecule has 0 aliphatic heterocycles. The SMILES string of the molecule is O=S(=O)(O)C(F)(F)C(F)(F)C(F)(F)C(F)(F)C(F)CCCCCCC(F)(F)F. The summed E-state index contributed by atoms with van der Waals surface area (Å²) in [7, 11) is -7.28. The highest BCUT2D eigenvalue weighted by Crippen LogP contribution is 2.55. The molecule has 0 aliphatic carbocycles. The molecular weight excluding hydrogens is 452 g/mol. The Morgan fingerprint density at radius 3 is 1.54 bits per heavy atom. The third kappa shape index (κ3) is 5.57. The molecule has 0 aromatic heterocycles. The van der Waals surface area contributed by atoms with Crippen molar-refractivity contribution in [3.63, 3.8) is 0 Å². The minimum atomic E-state index is -7.39. The molecule has 0 aromatic rings. The summed E-state index contributed by atoms with van der Waals surface area (Å²) in [5, 5.41) is -7.07. The van der Waals surface area contributed by atoms with Crippen LogP contribution in [0.2, 0.25) is 0 Å². The molecule has 0 heterocycles. The van der Waals surface area contributed by atoms with Gasteiger partial charge in [-0.1, -0.05) is 19.3 Å². The summed E-state index contributed by atoms with van der Waals surface area (Å²) < 4.78 is 183. The molecule has 1 atom stereocenters. The summed E-state index contributed by atoms with van der Waals surface area (Å²) in [5.41, 5.74) is 0. The van der Waals surface area contributed by atoms with Crippen LogP contribution in [-0.4, -0.2) is 48.3 Å². The number of hydrogen-bond donors (Lipinski definition) is 1. The fourth-order valence-corrected chi connectivity index (χ4v) is 2.39. The number of unbranched alkanes of at least 4 members (excludes halogenated alkanes) is 3. The molecule has 0 aliphatic rings. The van der Waals surface area contributed by atoms with Crippen molar-refractivity contribution in [2.45, 2.75) is 73.9 Å². The van der Waals surface area contributed by atoms with Crippen LogP contribution in [-0.2, 0) is 10.1 Å². The molecule has 0 rings (SSSR count). The second-order valence-corrected chi connectivity index (χ2v) is 7.26. The van der Waals surface area contributed by atoms with Gasteiger partial charge in [-0.05, 0) is 12.8 Å². The smallest absolute Gasteiger partial charge is 0.281 e. The van der Waals surface area contributed by atoms with Gasteiger partial charge in [0.25, 0.3) is 0 Å². The predicted molar refractivity (Wildman–Crippen MR) is 70.0 cm³/mol. The maximum Gasteiger partial charge on any atom is 0.438 e. The molecule has 1 unspecified atom stereocenters. The largest absolute Gasteiger partial charge is 0.438 e. The summed E-state index contributed by atoms with van der Waals surface area (Å²) in [4.78, 5) is 0. The highest BCUT2D eigenvalue weighted by Gasteiger charge is 2.85. The van der Waals surface area contributed by atoms with Crippen LogP contribution in [0.15, 0.2) is 0 Å². The van der Waals surface area contributed by atoms with E-state index in [1.54, 1.807) is 0 Å². The molecular formula is C12H14F12O3S. The van der Waals surface area contributed by atoms with Crippen molar-refractivity contribution in [2.24, 2.45) is 0 Å². The van der Waals surface area contributed by atoms with Crippen molar-refractivity contribution in [1.82, 2.24) is 0 Å². The van der Waals surface area contributed by atoms with Crippen molar-refractivity contribution in [3.05, 3.63) is 0 Å². The third-order valence-corrected chi connectivity index (χ3v) is 4.47. The first-order chi connectivity index (χ1) is 12.1. The highest BCUT2D eigenvalue weighted by molar-refractivity contribution is 7.87. The van der Waals surface area contributed by atoms with Crippen LogP contribution in [0.3, 0.4) is 0 Å². The lowest BCUT2D eigenvalue weighted by molar-refractivity contribution is -0.359. The second kappa shape index (κ2) is 8.44. The van der Waals surface area contributed by atoms with E-state index < -0.39 is 77.6 Å². The molecule has 28 heavy (non-hydrogen) atoms. The zero-order chi connectivity index (χ0) is 22.8. The van der Waals surface area contributed by atoms with E-state index >= 15 is 0 Å². The molecule has 0 spiro atoms. The Balaban J connectivity index is 5.14. The average Bonchev–Trinajstić information content (AvgIpc) is 2.47. The predicted octanol–water partition coefficient (Wildman–Crippen LogP) is 5.61. The standard InChI is InChI=1S/C12H14F12O3S/c13-7(5-3-1-2-4-6-8(14,15)16)9(17,18)10(19,20)11(21,22)12(23,24)28(25,26)27/h7H,1-6H2,(H,25,26,27). The quantitative estimate of drug-likeness (QED) is 0.245. The van der Waals surface area contributed by atoms with E-state index in [1.807, 2.05) is 0 Å². The molecule has 16 heteroatoms.